The number of hydrogen-bond acceptors (Lipinski definition) is 1. The van der Waals surface area contributed by atoms with E-state index in [1.165, 1.54) is 0 Å². The summed E-state index contributed by atoms with van der Waals surface area (Å²) in [7, 11) is 0. The first-order chi connectivity index (χ1) is 9.57. The molecule has 0 fully saturated rings. The Hall–Kier alpha value is -1.30. The van der Waals surface area contributed by atoms with Gasteiger partial charge in [-0.15, -0.1) is 11.6 Å². The quantitative estimate of drug-likeness (QED) is 0.637. The first kappa shape index (κ1) is 17.8. The Morgan fingerprint density at radius 2 is 1.90 bits per heavy atom. The van der Waals surface area contributed by atoms with Gasteiger partial charge >= 0.3 is 6.18 Å². The molecule has 1 aromatic rings. The molecule has 1 rings (SSSR count). The summed E-state index contributed by atoms with van der Waals surface area (Å²) in [5, 5.41) is 2.53. The summed E-state index contributed by atoms with van der Waals surface area (Å²) in [5.41, 5.74) is -1.95. The zero-order chi connectivity index (χ0) is 16.3. The minimum atomic E-state index is -4.84. The molecule has 0 aliphatic carbocycles. The Morgan fingerprint density at radius 1 is 1.29 bits per heavy atom. The Morgan fingerprint density at radius 3 is 2.43 bits per heavy atom. The number of amides is 1. The van der Waals surface area contributed by atoms with Crippen molar-refractivity contribution in [3.63, 3.8) is 0 Å². The number of benzene rings is 1. The van der Waals surface area contributed by atoms with Crippen LogP contribution in [0.1, 0.15) is 36.2 Å². The molecule has 1 aromatic carbocycles. The average Bonchev–Trinajstić information content (AvgIpc) is 2.35. The number of rotatable bonds is 5. The van der Waals surface area contributed by atoms with Gasteiger partial charge in [-0.2, -0.15) is 13.2 Å². The van der Waals surface area contributed by atoms with E-state index < -0.39 is 23.5 Å². The van der Waals surface area contributed by atoms with Crippen LogP contribution in [0.25, 0.3) is 0 Å². The fourth-order valence-electron chi connectivity index (χ4n) is 1.65. The summed E-state index contributed by atoms with van der Waals surface area (Å²) >= 11 is 5.63. The minimum Gasteiger partial charge on any atom is -0.352 e. The largest absolute Gasteiger partial charge is 0.419 e. The van der Waals surface area contributed by atoms with Crippen LogP contribution in [-0.4, -0.2) is 18.3 Å². The molecule has 2 nitrogen and oxygen atoms in total. The van der Waals surface area contributed by atoms with Crippen molar-refractivity contribution in [3.8, 4) is 0 Å². The van der Waals surface area contributed by atoms with Crippen LogP contribution >= 0.6 is 11.6 Å². The van der Waals surface area contributed by atoms with E-state index in [2.05, 4.69) is 5.32 Å². The third-order valence-corrected chi connectivity index (χ3v) is 3.22. The average molecular weight is 326 g/mol. The van der Waals surface area contributed by atoms with Gasteiger partial charge in [0.05, 0.1) is 5.56 Å². The number of hydrogen-bond donors (Lipinski definition) is 1. The maximum Gasteiger partial charge on any atom is 0.419 e. The van der Waals surface area contributed by atoms with E-state index in [0.29, 0.717) is 24.4 Å². The highest BCUT2D eigenvalue weighted by Crippen LogP contribution is 2.32. The van der Waals surface area contributed by atoms with Crippen molar-refractivity contribution in [2.45, 2.75) is 26.4 Å². The van der Waals surface area contributed by atoms with E-state index >= 15 is 0 Å². The van der Waals surface area contributed by atoms with E-state index in [9.17, 15) is 22.4 Å². The second kappa shape index (κ2) is 6.64. The van der Waals surface area contributed by atoms with Gasteiger partial charge in [-0.1, -0.05) is 13.8 Å². The SMILES string of the molecule is CC(C)(CCCl)CNC(=O)c1ccc(F)c(C(F)(F)F)c1. The summed E-state index contributed by atoms with van der Waals surface area (Å²) in [5.74, 6) is -1.66. The molecule has 0 aromatic heterocycles. The van der Waals surface area contributed by atoms with Crippen LogP contribution in [0.15, 0.2) is 18.2 Å². The maximum atomic E-state index is 13.1. The van der Waals surface area contributed by atoms with E-state index in [4.69, 9.17) is 11.6 Å². The molecule has 0 saturated heterocycles. The molecule has 0 saturated carbocycles. The smallest absolute Gasteiger partial charge is 0.352 e. The standard InChI is InChI=1S/C14H16ClF4NO/c1-13(2,5-6-15)8-20-12(21)9-3-4-11(16)10(7-9)14(17,18)19/h3-4,7H,5-6,8H2,1-2H3,(H,20,21). The predicted molar refractivity (Wildman–Crippen MR) is 72.9 cm³/mol. The van der Waals surface area contributed by atoms with Gasteiger partial charge in [0.15, 0.2) is 0 Å². The van der Waals surface area contributed by atoms with Crippen LogP contribution in [0.2, 0.25) is 0 Å². The topological polar surface area (TPSA) is 29.1 Å². The van der Waals surface area contributed by atoms with Gasteiger partial charge in [-0.05, 0) is 30.0 Å². The van der Waals surface area contributed by atoms with E-state index in [0.717, 1.165) is 6.07 Å². The lowest BCUT2D eigenvalue weighted by Crippen LogP contribution is -2.34. The van der Waals surface area contributed by atoms with E-state index in [1.807, 2.05) is 13.8 Å². The third-order valence-electron chi connectivity index (χ3n) is 3.03. The summed E-state index contributed by atoms with van der Waals surface area (Å²) in [4.78, 5) is 11.9. The van der Waals surface area contributed by atoms with Gasteiger partial charge in [0.1, 0.15) is 5.82 Å². The molecular weight excluding hydrogens is 310 g/mol. The van der Waals surface area contributed by atoms with Gasteiger partial charge in [-0.3, -0.25) is 4.79 Å². The lowest BCUT2D eigenvalue weighted by molar-refractivity contribution is -0.140. The van der Waals surface area contributed by atoms with Gasteiger partial charge in [-0.25, -0.2) is 4.39 Å². The molecule has 1 amide bonds. The predicted octanol–water partition coefficient (Wildman–Crippen LogP) is 4.23. The van der Waals surface area contributed by atoms with Crippen molar-refractivity contribution in [2.24, 2.45) is 5.41 Å². The molecule has 0 atom stereocenters. The molecule has 7 heteroatoms. The molecule has 0 spiro atoms. The normalized spacial score (nSPS) is 12.3. The van der Waals surface area contributed by atoms with Crippen LogP contribution in [0.5, 0.6) is 0 Å². The van der Waals surface area contributed by atoms with E-state index in [1.54, 1.807) is 0 Å². The highest BCUT2D eigenvalue weighted by atomic mass is 35.5. The Labute approximate surface area is 125 Å². The fraction of sp³-hybridized carbons (Fsp3) is 0.500. The van der Waals surface area contributed by atoms with Crippen LogP contribution in [0.3, 0.4) is 0 Å². The van der Waals surface area contributed by atoms with Crippen molar-refractivity contribution in [1.82, 2.24) is 5.32 Å². The van der Waals surface area contributed by atoms with Crippen molar-refractivity contribution in [1.29, 1.82) is 0 Å². The summed E-state index contributed by atoms with van der Waals surface area (Å²) in [6.07, 6.45) is -4.19. The minimum absolute atomic E-state index is 0.231. The Balaban J connectivity index is 2.85. The third kappa shape index (κ3) is 5.19. The molecule has 118 valence electrons. The van der Waals surface area contributed by atoms with Crippen LogP contribution in [-0.2, 0) is 6.18 Å². The molecule has 0 aliphatic rings. The number of halogens is 5. The molecule has 0 heterocycles. The van der Waals surface area contributed by atoms with Gasteiger partial charge in [0.25, 0.3) is 5.91 Å². The molecule has 0 bridgehead atoms. The lowest BCUT2D eigenvalue weighted by atomic mass is 9.90. The monoisotopic (exact) mass is 325 g/mol. The highest BCUT2D eigenvalue weighted by Gasteiger charge is 2.34. The summed E-state index contributed by atoms with van der Waals surface area (Å²) < 4.78 is 50.9. The Bertz CT molecular complexity index is 514. The van der Waals surface area contributed by atoms with Crippen LogP contribution in [0, 0.1) is 11.2 Å². The van der Waals surface area contributed by atoms with Crippen molar-refractivity contribution in [3.05, 3.63) is 35.1 Å². The van der Waals surface area contributed by atoms with Crippen LogP contribution < -0.4 is 5.32 Å². The second-order valence-corrected chi connectivity index (χ2v) is 5.86. The number of nitrogens with one attached hydrogen (secondary N) is 1. The molecule has 0 aliphatic heterocycles. The maximum absolute atomic E-state index is 13.1. The van der Waals surface area contributed by atoms with Crippen molar-refractivity contribution in [2.75, 3.05) is 12.4 Å². The molecule has 21 heavy (non-hydrogen) atoms. The molecular formula is C14H16ClF4NO. The number of carbonyl (C=O) groups is 1. The fourth-order valence-corrected chi connectivity index (χ4v) is 2.16. The zero-order valence-electron chi connectivity index (χ0n) is 11.7. The molecule has 0 radical (unpaired) electrons. The van der Waals surface area contributed by atoms with Crippen molar-refractivity contribution >= 4 is 17.5 Å². The van der Waals surface area contributed by atoms with Gasteiger partial charge in [0.2, 0.25) is 0 Å². The van der Waals surface area contributed by atoms with Gasteiger partial charge < -0.3 is 5.32 Å². The second-order valence-electron chi connectivity index (χ2n) is 5.48. The summed E-state index contributed by atoms with van der Waals surface area (Å²) in [6, 6.07) is 2.18. The first-order valence-electron chi connectivity index (χ1n) is 6.28. The highest BCUT2D eigenvalue weighted by molar-refractivity contribution is 6.17. The summed E-state index contributed by atoms with van der Waals surface area (Å²) in [6.45, 7) is 4.01. The number of carbonyl (C=O) groups excluding carboxylic acids is 1. The van der Waals surface area contributed by atoms with Crippen molar-refractivity contribution < 1.29 is 22.4 Å². The Kier molecular flexibility index (Phi) is 5.61. The van der Waals surface area contributed by atoms with Gasteiger partial charge in [0, 0.05) is 18.0 Å². The lowest BCUT2D eigenvalue weighted by Gasteiger charge is -2.23. The number of alkyl halides is 4. The molecule has 1 N–H and O–H groups in total. The van der Waals surface area contributed by atoms with Crippen LogP contribution in [0.4, 0.5) is 17.6 Å². The first-order valence-corrected chi connectivity index (χ1v) is 6.81. The molecule has 0 unspecified atom stereocenters. The van der Waals surface area contributed by atoms with E-state index in [-0.39, 0.29) is 17.5 Å². The zero-order valence-corrected chi connectivity index (χ0v) is 12.4.